The Kier molecular flexibility index (Phi) is 4.94. The maximum atomic E-state index is 11.8. The van der Waals surface area contributed by atoms with Crippen LogP contribution in [-0.4, -0.2) is 44.4 Å². The molecule has 0 saturated carbocycles. The van der Waals surface area contributed by atoms with Crippen molar-refractivity contribution < 1.29 is 18.3 Å². The highest BCUT2D eigenvalue weighted by Gasteiger charge is 2.32. The van der Waals surface area contributed by atoms with Crippen molar-refractivity contribution in [2.45, 2.75) is 12.5 Å². The quantitative estimate of drug-likeness (QED) is 0.654. The molecule has 1 aliphatic heterocycles. The van der Waals surface area contributed by atoms with E-state index in [0.717, 1.165) is 11.3 Å². The number of phenolic OH excluding ortho intramolecular Hbond substituents is 1. The Morgan fingerprint density at radius 2 is 2.00 bits per heavy atom. The Morgan fingerprint density at radius 3 is 2.64 bits per heavy atom. The summed E-state index contributed by atoms with van der Waals surface area (Å²) in [6.45, 7) is 0. The smallest absolute Gasteiger partial charge is 0.161 e. The molecule has 0 aliphatic carbocycles. The first-order valence-electron chi connectivity index (χ1n) is 7.94. The van der Waals surface area contributed by atoms with E-state index in [2.05, 4.69) is 5.10 Å². The Morgan fingerprint density at radius 1 is 1.24 bits per heavy atom. The standard InChI is InChI=1S/C18H20N2O4S/c1-24-18-11-14(7-8-17(18)21)12-19-20(15-5-3-2-4-6-15)16-9-10-25(22,23)13-16/h2-8,11-12,16,21H,9-10,13H2,1H3. The SMILES string of the molecule is COc1cc(C=NN(c2ccccc2)C2CCS(=O)(=O)C2)ccc1O. The van der Waals surface area contributed by atoms with Crippen LogP contribution in [0.1, 0.15) is 12.0 Å². The second kappa shape index (κ2) is 7.14. The molecule has 25 heavy (non-hydrogen) atoms. The molecule has 6 nitrogen and oxygen atoms in total. The number of hydrogen-bond acceptors (Lipinski definition) is 6. The molecule has 1 atom stereocenters. The Hall–Kier alpha value is -2.54. The van der Waals surface area contributed by atoms with Crippen LogP contribution in [0.2, 0.25) is 0 Å². The van der Waals surface area contributed by atoms with Crippen molar-refractivity contribution in [2.24, 2.45) is 5.10 Å². The molecule has 2 aromatic carbocycles. The van der Waals surface area contributed by atoms with Crippen LogP contribution in [-0.2, 0) is 9.84 Å². The molecule has 0 spiro atoms. The summed E-state index contributed by atoms with van der Waals surface area (Å²) >= 11 is 0. The highest BCUT2D eigenvalue weighted by molar-refractivity contribution is 7.91. The molecule has 0 radical (unpaired) electrons. The first-order valence-corrected chi connectivity index (χ1v) is 9.76. The van der Waals surface area contributed by atoms with Crippen molar-refractivity contribution in [1.29, 1.82) is 0 Å². The highest BCUT2D eigenvalue weighted by atomic mass is 32.2. The van der Waals surface area contributed by atoms with Gasteiger partial charge in [0.25, 0.3) is 0 Å². The first-order chi connectivity index (χ1) is 12.0. The van der Waals surface area contributed by atoms with Crippen LogP contribution in [0.25, 0.3) is 0 Å². The number of phenols is 1. The number of anilines is 1. The molecule has 132 valence electrons. The molecule has 3 rings (SSSR count). The van der Waals surface area contributed by atoms with Crippen molar-refractivity contribution in [3.63, 3.8) is 0 Å². The summed E-state index contributed by atoms with van der Waals surface area (Å²) in [4.78, 5) is 0. The van der Waals surface area contributed by atoms with Crippen molar-refractivity contribution in [3.05, 3.63) is 54.1 Å². The average molecular weight is 360 g/mol. The average Bonchev–Trinajstić information content (AvgIpc) is 2.97. The van der Waals surface area contributed by atoms with Crippen molar-refractivity contribution in [1.82, 2.24) is 0 Å². The van der Waals surface area contributed by atoms with Crippen molar-refractivity contribution in [2.75, 3.05) is 23.6 Å². The molecule has 1 heterocycles. The van der Waals surface area contributed by atoms with Crippen molar-refractivity contribution >= 4 is 21.7 Å². The van der Waals surface area contributed by atoms with Gasteiger partial charge in [-0.05, 0) is 42.3 Å². The molecular weight excluding hydrogens is 340 g/mol. The second-order valence-electron chi connectivity index (χ2n) is 5.91. The van der Waals surface area contributed by atoms with Crippen LogP contribution in [0.15, 0.2) is 53.6 Å². The number of rotatable bonds is 5. The maximum absolute atomic E-state index is 11.8. The molecule has 0 aromatic heterocycles. The van der Waals surface area contributed by atoms with Gasteiger partial charge in [-0.25, -0.2) is 8.42 Å². The second-order valence-corrected chi connectivity index (χ2v) is 8.14. The summed E-state index contributed by atoms with van der Waals surface area (Å²) in [5, 5.41) is 16.0. The van der Waals surface area contributed by atoms with E-state index in [1.807, 2.05) is 30.3 Å². The Labute approximate surface area is 147 Å². The van der Waals surface area contributed by atoms with E-state index in [1.54, 1.807) is 23.4 Å². The van der Waals surface area contributed by atoms with Gasteiger partial charge in [0.1, 0.15) is 0 Å². The molecule has 1 aliphatic rings. The van der Waals surface area contributed by atoms with Gasteiger partial charge in [-0.15, -0.1) is 0 Å². The van der Waals surface area contributed by atoms with Gasteiger partial charge in [0.15, 0.2) is 21.3 Å². The van der Waals surface area contributed by atoms with E-state index in [1.165, 1.54) is 13.2 Å². The summed E-state index contributed by atoms with van der Waals surface area (Å²) < 4.78 is 28.8. The molecule has 7 heteroatoms. The van der Waals surface area contributed by atoms with Gasteiger partial charge in [0.2, 0.25) is 0 Å². The Balaban J connectivity index is 1.90. The predicted molar refractivity (Wildman–Crippen MR) is 98.2 cm³/mol. The molecule has 0 amide bonds. The zero-order chi connectivity index (χ0) is 17.9. The number of benzene rings is 2. The lowest BCUT2D eigenvalue weighted by atomic mass is 10.2. The van der Waals surface area contributed by atoms with E-state index >= 15 is 0 Å². The third-order valence-electron chi connectivity index (χ3n) is 4.11. The summed E-state index contributed by atoms with van der Waals surface area (Å²) in [6, 6.07) is 14.2. The summed E-state index contributed by atoms with van der Waals surface area (Å²) in [6.07, 6.45) is 2.19. The van der Waals surface area contributed by atoms with Gasteiger partial charge in [-0.3, -0.25) is 5.01 Å². The lowest BCUT2D eigenvalue weighted by Crippen LogP contribution is -2.31. The van der Waals surface area contributed by atoms with E-state index in [9.17, 15) is 13.5 Å². The van der Waals surface area contributed by atoms with Gasteiger partial charge in [0, 0.05) is 0 Å². The van der Waals surface area contributed by atoms with Crippen LogP contribution >= 0.6 is 0 Å². The molecule has 1 saturated heterocycles. The van der Waals surface area contributed by atoms with Gasteiger partial charge >= 0.3 is 0 Å². The number of ether oxygens (including phenoxy) is 1. The fourth-order valence-corrected chi connectivity index (χ4v) is 4.52. The van der Waals surface area contributed by atoms with Crippen LogP contribution in [0, 0.1) is 0 Å². The third kappa shape index (κ3) is 4.11. The first kappa shape index (κ1) is 17.3. The summed E-state index contributed by atoms with van der Waals surface area (Å²) in [5.74, 6) is 0.696. The van der Waals surface area contributed by atoms with Gasteiger partial charge in [-0.2, -0.15) is 5.10 Å². The molecular formula is C18H20N2O4S. The lowest BCUT2D eigenvalue weighted by molar-refractivity contribution is 0.373. The maximum Gasteiger partial charge on any atom is 0.161 e. The van der Waals surface area contributed by atoms with Gasteiger partial charge < -0.3 is 9.84 Å². The van der Waals surface area contributed by atoms with E-state index in [0.29, 0.717) is 12.2 Å². The van der Waals surface area contributed by atoms with E-state index in [4.69, 9.17) is 4.74 Å². The fourth-order valence-electron chi connectivity index (χ4n) is 2.82. The number of hydrogen-bond donors (Lipinski definition) is 1. The van der Waals surface area contributed by atoms with Gasteiger partial charge in [-0.1, -0.05) is 18.2 Å². The highest BCUT2D eigenvalue weighted by Crippen LogP contribution is 2.27. The van der Waals surface area contributed by atoms with Crippen LogP contribution < -0.4 is 9.75 Å². The number of hydrazone groups is 1. The van der Waals surface area contributed by atoms with Crippen LogP contribution in [0.5, 0.6) is 11.5 Å². The van der Waals surface area contributed by atoms with E-state index < -0.39 is 9.84 Å². The predicted octanol–water partition coefficient (Wildman–Crippen LogP) is 2.43. The number of nitrogens with zero attached hydrogens (tertiary/aromatic N) is 2. The summed E-state index contributed by atoms with van der Waals surface area (Å²) in [5.41, 5.74) is 1.59. The minimum absolute atomic E-state index is 0.0569. The number of para-hydroxylation sites is 1. The largest absolute Gasteiger partial charge is 0.504 e. The molecule has 0 bridgehead atoms. The zero-order valence-corrected chi connectivity index (χ0v) is 14.7. The van der Waals surface area contributed by atoms with Crippen LogP contribution in [0.3, 0.4) is 0 Å². The fraction of sp³-hybridized carbons (Fsp3) is 0.278. The third-order valence-corrected chi connectivity index (χ3v) is 5.86. The Bertz CT molecular complexity index is 866. The molecule has 2 aromatic rings. The number of methoxy groups -OCH3 is 1. The zero-order valence-electron chi connectivity index (χ0n) is 13.9. The molecule has 1 N–H and O–H groups in total. The molecule has 1 unspecified atom stereocenters. The number of aromatic hydroxyl groups is 1. The summed E-state index contributed by atoms with van der Waals surface area (Å²) in [7, 11) is -1.53. The van der Waals surface area contributed by atoms with Gasteiger partial charge in [0.05, 0.1) is 36.6 Å². The van der Waals surface area contributed by atoms with E-state index in [-0.39, 0.29) is 23.3 Å². The topological polar surface area (TPSA) is 79.2 Å². The van der Waals surface area contributed by atoms with Crippen LogP contribution in [0.4, 0.5) is 5.69 Å². The minimum Gasteiger partial charge on any atom is -0.504 e. The number of sulfone groups is 1. The molecule has 1 fully saturated rings. The lowest BCUT2D eigenvalue weighted by Gasteiger charge is -2.25. The monoisotopic (exact) mass is 360 g/mol. The van der Waals surface area contributed by atoms with Crippen molar-refractivity contribution in [3.8, 4) is 11.5 Å². The normalized spacial score (nSPS) is 19.2. The minimum atomic E-state index is -3.02.